The van der Waals surface area contributed by atoms with E-state index in [0.29, 0.717) is 0 Å². The number of amides is 1. The molecule has 1 rings (SSSR count). The van der Waals surface area contributed by atoms with Crippen molar-refractivity contribution in [3.63, 3.8) is 0 Å². The fourth-order valence-corrected chi connectivity index (χ4v) is 1.80. The van der Waals surface area contributed by atoms with E-state index in [-0.39, 0.29) is 17.9 Å². The van der Waals surface area contributed by atoms with Crippen molar-refractivity contribution in [3.05, 3.63) is 12.7 Å². The third-order valence-corrected chi connectivity index (χ3v) is 2.89. The number of hydrogen-bond acceptors (Lipinski definition) is 2. The summed E-state index contributed by atoms with van der Waals surface area (Å²) in [6.45, 7) is 7.32. The summed E-state index contributed by atoms with van der Waals surface area (Å²) in [4.78, 5) is 13.8. The zero-order valence-electron chi connectivity index (χ0n) is 8.91. The van der Waals surface area contributed by atoms with Gasteiger partial charge in [-0.25, -0.2) is 0 Å². The lowest BCUT2D eigenvalue weighted by Gasteiger charge is -2.32. The Balaban J connectivity index is 2.48. The molecule has 0 aliphatic carbocycles. The number of nitrogens with two attached hydrogens (primary N) is 1. The smallest absolute Gasteiger partial charge is 0.229 e. The van der Waals surface area contributed by atoms with Crippen LogP contribution in [0, 0.1) is 5.92 Å². The molecule has 0 radical (unpaired) electrons. The Hall–Kier alpha value is -0.830. The van der Waals surface area contributed by atoms with Gasteiger partial charge in [0.05, 0.1) is 5.92 Å². The Morgan fingerprint density at radius 2 is 2.21 bits per heavy atom. The van der Waals surface area contributed by atoms with Gasteiger partial charge < -0.3 is 10.6 Å². The van der Waals surface area contributed by atoms with Crippen LogP contribution in [0.5, 0.6) is 0 Å². The number of piperidine rings is 1. The Morgan fingerprint density at radius 3 is 2.64 bits per heavy atom. The molecule has 1 aliphatic heterocycles. The minimum Gasteiger partial charge on any atom is -0.342 e. The lowest BCUT2D eigenvalue weighted by Crippen LogP contribution is -2.44. The van der Waals surface area contributed by atoms with Gasteiger partial charge in [-0.2, -0.15) is 0 Å². The normalized spacial score (nSPS) is 20.6. The number of likely N-dealkylation sites (tertiary alicyclic amines) is 1. The summed E-state index contributed by atoms with van der Waals surface area (Å²) < 4.78 is 0. The van der Waals surface area contributed by atoms with Crippen LogP contribution in [0.4, 0.5) is 0 Å². The molecule has 0 spiro atoms. The van der Waals surface area contributed by atoms with Gasteiger partial charge in [0.2, 0.25) is 5.91 Å². The van der Waals surface area contributed by atoms with Crippen LogP contribution in [0.3, 0.4) is 0 Å². The molecule has 3 nitrogen and oxygen atoms in total. The van der Waals surface area contributed by atoms with Crippen LogP contribution in [0.15, 0.2) is 12.7 Å². The summed E-state index contributed by atoms with van der Waals surface area (Å²) in [7, 11) is 0. The Kier molecular flexibility index (Phi) is 4.14. The summed E-state index contributed by atoms with van der Waals surface area (Å²) in [5.74, 6) is 0.207. The monoisotopic (exact) mass is 196 g/mol. The molecule has 0 aromatic rings. The zero-order chi connectivity index (χ0) is 10.6. The van der Waals surface area contributed by atoms with E-state index < -0.39 is 0 Å². The van der Waals surface area contributed by atoms with Gasteiger partial charge in [0.15, 0.2) is 0 Å². The van der Waals surface area contributed by atoms with Gasteiger partial charge in [-0.05, 0) is 19.3 Å². The van der Waals surface area contributed by atoms with E-state index in [1.54, 1.807) is 6.08 Å². The molecule has 1 unspecified atom stereocenters. The van der Waals surface area contributed by atoms with Crippen molar-refractivity contribution in [2.24, 2.45) is 11.7 Å². The predicted molar refractivity (Wildman–Crippen MR) is 57.8 cm³/mol. The van der Waals surface area contributed by atoms with E-state index in [1.807, 2.05) is 11.8 Å². The topological polar surface area (TPSA) is 46.3 Å². The van der Waals surface area contributed by atoms with E-state index >= 15 is 0 Å². The van der Waals surface area contributed by atoms with Gasteiger partial charge in [-0.15, -0.1) is 6.58 Å². The molecule has 1 aliphatic rings. The molecule has 0 bridgehead atoms. The second-order valence-electron chi connectivity index (χ2n) is 3.91. The van der Waals surface area contributed by atoms with Crippen molar-refractivity contribution < 1.29 is 4.79 Å². The van der Waals surface area contributed by atoms with Crippen molar-refractivity contribution in [1.82, 2.24) is 4.90 Å². The Morgan fingerprint density at radius 1 is 1.64 bits per heavy atom. The van der Waals surface area contributed by atoms with Gasteiger partial charge in [0.1, 0.15) is 0 Å². The minimum atomic E-state index is -0.00988. The van der Waals surface area contributed by atoms with E-state index in [2.05, 4.69) is 6.58 Å². The highest BCUT2D eigenvalue weighted by Gasteiger charge is 2.24. The molecule has 0 aromatic carbocycles. The summed E-state index contributed by atoms with van der Waals surface area (Å²) in [6, 6.07) is 0.280. The molecule has 1 saturated heterocycles. The maximum absolute atomic E-state index is 11.9. The van der Waals surface area contributed by atoms with E-state index in [1.165, 1.54) is 0 Å². The van der Waals surface area contributed by atoms with Gasteiger partial charge in [0, 0.05) is 19.1 Å². The Bertz CT molecular complexity index is 207. The maximum atomic E-state index is 11.9. The lowest BCUT2D eigenvalue weighted by molar-refractivity contribution is -0.135. The van der Waals surface area contributed by atoms with Crippen LogP contribution < -0.4 is 5.73 Å². The van der Waals surface area contributed by atoms with Crippen LogP contribution in [0.2, 0.25) is 0 Å². The average Bonchev–Trinajstić information content (AvgIpc) is 2.20. The summed E-state index contributed by atoms with van der Waals surface area (Å²) in [5, 5.41) is 0. The lowest BCUT2D eigenvalue weighted by atomic mass is 10.0. The number of carbonyl (C=O) groups is 1. The molecule has 1 fully saturated rings. The molecule has 2 N–H and O–H groups in total. The summed E-state index contributed by atoms with van der Waals surface area (Å²) in [5.41, 5.74) is 5.78. The third-order valence-electron chi connectivity index (χ3n) is 2.89. The second kappa shape index (κ2) is 5.15. The maximum Gasteiger partial charge on any atom is 0.229 e. The van der Waals surface area contributed by atoms with Crippen LogP contribution in [0.25, 0.3) is 0 Å². The molecular weight excluding hydrogens is 176 g/mol. The van der Waals surface area contributed by atoms with Crippen LogP contribution in [-0.4, -0.2) is 29.9 Å². The highest BCUT2D eigenvalue weighted by atomic mass is 16.2. The average molecular weight is 196 g/mol. The van der Waals surface area contributed by atoms with Crippen molar-refractivity contribution >= 4 is 5.91 Å². The van der Waals surface area contributed by atoms with E-state index in [9.17, 15) is 4.79 Å². The first-order valence-corrected chi connectivity index (χ1v) is 5.36. The number of hydrogen-bond donors (Lipinski definition) is 1. The molecule has 0 saturated carbocycles. The molecular formula is C11H20N2O. The minimum absolute atomic E-state index is 0.00988. The predicted octanol–water partition coefficient (Wildman–Crippen LogP) is 1.15. The third kappa shape index (κ3) is 2.58. The van der Waals surface area contributed by atoms with Gasteiger partial charge in [-0.3, -0.25) is 4.79 Å². The number of carbonyl (C=O) groups excluding carboxylic acids is 1. The van der Waals surface area contributed by atoms with Gasteiger partial charge >= 0.3 is 0 Å². The molecule has 0 aromatic heterocycles. The van der Waals surface area contributed by atoms with Crippen LogP contribution in [0.1, 0.15) is 26.2 Å². The second-order valence-corrected chi connectivity index (χ2v) is 3.91. The highest BCUT2D eigenvalue weighted by Crippen LogP contribution is 2.14. The fourth-order valence-electron chi connectivity index (χ4n) is 1.80. The number of nitrogens with zero attached hydrogens (tertiary/aromatic N) is 1. The molecule has 3 heteroatoms. The van der Waals surface area contributed by atoms with Crippen molar-refractivity contribution in [3.8, 4) is 0 Å². The number of rotatable bonds is 3. The Labute approximate surface area is 86.0 Å². The zero-order valence-corrected chi connectivity index (χ0v) is 8.91. The molecule has 1 heterocycles. The summed E-state index contributed by atoms with van der Waals surface area (Å²) >= 11 is 0. The quantitative estimate of drug-likeness (QED) is 0.688. The molecule has 80 valence electrons. The SMILES string of the molecule is C=CC(CC)C(=O)N1CCC(N)CC1. The highest BCUT2D eigenvalue weighted by molar-refractivity contribution is 5.80. The molecule has 14 heavy (non-hydrogen) atoms. The summed E-state index contributed by atoms with van der Waals surface area (Å²) in [6.07, 6.45) is 4.44. The molecule has 1 amide bonds. The van der Waals surface area contributed by atoms with Crippen molar-refractivity contribution in [1.29, 1.82) is 0 Å². The van der Waals surface area contributed by atoms with E-state index in [0.717, 1.165) is 32.4 Å². The molecule has 1 atom stereocenters. The van der Waals surface area contributed by atoms with E-state index in [4.69, 9.17) is 5.73 Å². The first kappa shape index (κ1) is 11.2. The van der Waals surface area contributed by atoms with Crippen LogP contribution >= 0.6 is 0 Å². The fraction of sp³-hybridized carbons (Fsp3) is 0.727. The van der Waals surface area contributed by atoms with Gasteiger partial charge in [0.25, 0.3) is 0 Å². The largest absolute Gasteiger partial charge is 0.342 e. The standard InChI is InChI=1S/C11H20N2O/c1-3-9(4-2)11(14)13-7-5-10(12)6-8-13/h3,9-10H,1,4-8,12H2,2H3. The first-order valence-electron chi connectivity index (χ1n) is 5.36. The van der Waals surface area contributed by atoms with Crippen molar-refractivity contribution in [2.45, 2.75) is 32.2 Å². The van der Waals surface area contributed by atoms with Gasteiger partial charge in [-0.1, -0.05) is 13.0 Å². The van der Waals surface area contributed by atoms with Crippen LogP contribution in [-0.2, 0) is 4.79 Å². The first-order chi connectivity index (χ1) is 6.69. The van der Waals surface area contributed by atoms with Crippen molar-refractivity contribution in [2.75, 3.05) is 13.1 Å².